The monoisotopic (exact) mass is 356 g/mol. The standard InChI is InChI=1S/C22H20N4O/c1-22(2)11-17-19(18(27)12-22)21(25-15-6-4-3-5-7-15)20(26-17)14-8-9-24-16(10-14)13-23/h3-10,25-26H,11-12H2,1-2H3. The third-order valence-corrected chi connectivity index (χ3v) is 4.86. The first-order valence-electron chi connectivity index (χ1n) is 8.93. The van der Waals surface area contributed by atoms with E-state index in [1.54, 1.807) is 12.3 Å². The minimum absolute atomic E-state index is 0.0771. The lowest BCUT2D eigenvalue weighted by atomic mass is 9.76. The maximum Gasteiger partial charge on any atom is 0.167 e. The van der Waals surface area contributed by atoms with E-state index in [1.165, 1.54) is 0 Å². The number of fused-ring (bicyclic) bond motifs is 1. The molecule has 0 amide bonds. The van der Waals surface area contributed by atoms with Gasteiger partial charge in [0.1, 0.15) is 11.8 Å². The fourth-order valence-corrected chi connectivity index (χ4v) is 3.71. The third kappa shape index (κ3) is 3.22. The van der Waals surface area contributed by atoms with Crippen molar-refractivity contribution < 1.29 is 4.79 Å². The molecule has 1 aromatic carbocycles. The smallest absolute Gasteiger partial charge is 0.167 e. The van der Waals surface area contributed by atoms with E-state index in [9.17, 15) is 10.1 Å². The molecular weight excluding hydrogens is 336 g/mol. The van der Waals surface area contributed by atoms with Crippen LogP contribution in [0.4, 0.5) is 11.4 Å². The van der Waals surface area contributed by atoms with Crippen LogP contribution < -0.4 is 5.32 Å². The largest absolute Gasteiger partial charge is 0.356 e. The molecule has 0 saturated carbocycles. The van der Waals surface area contributed by atoms with Gasteiger partial charge < -0.3 is 10.3 Å². The highest BCUT2D eigenvalue weighted by atomic mass is 16.1. The van der Waals surface area contributed by atoms with Crippen molar-refractivity contribution in [3.63, 3.8) is 0 Å². The summed E-state index contributed by atoms with van der Waals surface area (Å²) in [5.41, 5.74) is 5.26. The number of para-hydroxylation sites is 1. The highest BCUT2D eigenvalue weighted by molar-refractivity contribution is 6.07. The van der Waals surface area contributed by atoms with Crippen LogP contribution in [0.1, 0.15) is 42.0 Å². The van der Waals surface area contributed by atoms with Crippen LogP contribution in [0.5, 0.6) is 0 Å². The fraction of sp³-hybridized carbons (Fsp3) is 0.227. The molecule has 0 unspecified atom stereocenters. The van der Waals surface area contributed by atoms with Crippen LogP contribution in [0, 0.1) is 16.7 Å². The van der Waals surface area contributed by atoms with Gasteiger partial charge in [-0.15, -0.1) is 0 Å². The molecule has 0 fully saturated rings. The second kappa shape index (κ2) is 6.40. The number of H-pyrrole nitrogens is 1. The number of aromatic amines is 1. The van der Waals surface area contributed by atoms with Gasteiger partial charge >= 0.3 is 0 Å². The van der Waals surface area contributed by atoms with E-state index in [1.807, 2.05) is 36.4 Å². The van der Waals surface area contributed by atoms with Crippen molar-refractivity contribution in [2.24, 2.45) is 5.41 Å². The van der Waals surface area contributed by atoms with Crippen molar-refractivity contribution in [1.82, 2.24) is 9.97 Å². The number of benzene rings is 1. The van der Waals surface area contributed by atoms with Gasteiger partial charge in [-0.1, -0.05) is 32.0 Å². The van der Waals surface area contributed by atoms with E-state index in [0.717, 1.165) is 40.3 Å². The van der Waals surface area contributed by atoms with Gasteiger partial charge in [0, 0.05) is 29.6 Å². The molecule has 27 heavy (non-hydrogen) atoms. The van der Waals surface area contributed by atoms with Crippen molar-refractivity contribution in [3.8, 4) is 17.3 Å². The lowest BCUT2D eigenvalue weighted by molar-refractivity contribution is 0.0912. The average molecular weight is 356 g/mol. The number of pyridine rings is 1. The van der Waals surface area contributed by atoms with Crippen LogP contribution in [0.3, 0.4) is 0 Å². The Morgan fingerprint density at radius 2 is 1.96 bits per heavy atom. The molecule has 2 aromatic heterocycles. The number of nitrogens with one attached hydrogen (secondary N) is 2. The molecule has 0 bridgehead atoms. The molecule has 2 N–H and O–H groups in total. The number of anilines is 2. The Labute approximate surface area is 158 Å². The summed E-state index contributed by atoms with van der Waals surface area (Å²) in [7, 11) is 0. The van der Waals surface area contributed by atoms with E-state index < -0.39 is 0 Å². The third-order valence-electron chi connectivity index (χ3n) is 4.86. The van der Waals surface area contributed by atoms with Crippen molar-refractivity contribution in [2.45, 2.75) is 26.7 Å². The average Bonchev–Trinajstić information content (AvgIpc) is 2.99. The summed E-state index contributed by atoms with van der Waals surface area (Å²) in [6.07, 6.45) is 2.93. The summed E-state index contributed by atoms with van der Waals surface area (Å²) in [6.45, 7) is 4.22. The number of aromatic nitrogens is 2. The molecule has 0 spiro atoms. The summed E-state index contributed by atoms with van der Waals surface area (Å²) >= 11 is 0. The van der Waals surface area contributed by atoms with Gasteiger partial charge in [0.15, 0.2) is 5.78 Å². The molecule has 0 atom stereocenters. The fourth-order valence-electron chi connectivity index (χ4n) is 3.71. The Morgan fingerprint density at radius 1 is 1.19 bits per heavy atom. The number of hydrogen-bond donors (Lipinski definition) is 2. The van der Waals surface area contributed by atoms with Crippen LogP contribution in [0.15, 0.2) is 48.7 Å². The van der Waals surface area contributed by atoms with Crippen LogP contribution in [-0.4, -0.2) is 15.8 Å². The summed E-state index contributed by atoms with van der Waals surface area (Å²) < 4.78 is 0. The zero-order chi connectivity index (χ0) is 19.0. The Morgan fingerprint density at radius 3 is 2.70 bits per heavy atom. The number of Topliss-reactive ketones (excluding diaryl/α,β-unsaturated/α-hetero) is 1. The maximum absolute atomic E-state index is 13.0. The van der Waals surface area contributed by atoms with Gasteiger partial charge in [-0.25, -0.2) is 4.98 Å². The van der Waals surface area contributed by atoms with Crippen LogP contribution >= 0.6 is 0 Å². The van der Waals surface area contributed by atoms with Gasteiger partial charge in [0.05, 0.1) is 16.9 Å². The zero-order valence-electron chi connectivity index (χ0n) is 15.3. The number of rotatable bonds is 3. The predicted molar refractivity (Wildman–Crippen MR) is 105 cm³/mol. The molecule has 0 radical (unpaired) electrons. The molecule has 134 valence electrons. The van der Waals surface area contributed by atoms with E-state index in [0.29, 0.717) is 12.1 Å². The SMILES string of the molecule is CC1(C)CC(=O)c2c([nH]c(-c3ccnc(C#N)c3)c2Nc2ccccc2)C1. The van der Waals surface area contributed by atoms with E-state index in [-0.39, 0.29) is 11.2 Å². The first kappa shape index (κ1) is 17.0. The van der Waals surface area contributed by atoms with Crippen molar-refractivity contribution in [1.29, 1.82) is 5.26 Å². The topological polar surface area (TPSA) is 81.6 Å². The number of ketones is 1. The number of carbonyl (C=O) groups excluding carboxylic acids is 1. The predicted octanol–water partition coefficient (Wildman–Crippen LogP) is 4.85. The van der Waals surface area contributed by atoms with E-state index >= 15 is 0 Å². The zero-order valence-corrected chi connectivity index (χ0v) is 15.3. The van der Waals surface area contributed by atoms with Gasteiger partial charge in [0.2, 0.25) is 0 Å². The highest BCUT2D eigenvalue weighted by Crippen LogP contribution is 2.43. The van der Waals surface area contributed by atoms with Gasteiger partial charge in [-0.05, 0) is 36.1 Å². The molecule has 2 heterocycles. The summed E-state index contributed by atoms with van der Waals surface area (Å²) in [5, 5.41) is 12.6. The van der Waals surface area contributed by atoms with Crippen LogP contribution in [0.25, 0.3) is 11.3 Å². The molecule has 5 nitrogen and oxygen atoms in total. The van der Waals surface area contributed by atoms with Crippen LogP contribution in [0.2, 0.25) is 0 Å². The number of carbonyl (C=O) groups is 1. The first-order chi connectivity index (χ1) is 13.0. The quantitative estimate of drug-likeness (QED) is 0.703. The second-order valence-electron chi connectivity index (χ2n) is 7.70. The van der Waals surface area contributed by atoms with E-state index in [4.69, 9.17) is 0 Å². The Kier molecular flexibility index (Phi) is 4.04. The molecule has 5 heteroatoms. The minimum Gasteiger partial charge on any atom is -0.356 e. The molecule has 3 aromatic rings. The number of hydrogen-bond acceptors (Lipinski definition) is 4. The minimum atomic E-state index is -0.0771. The molecule has 0 aliphatic heterocycles. The van der Waals surface area contributed by atoms with Crippen molar-refractivity contribution in [3.05, 3.63) is 65.6 Å². The second-order valence-corrected chi connectivity index (χ2v) is 7.70. The number of nitrogens with zero attached hydrogens (tertiary/aromatic N) is 2. The van der Waals surface area contributed by atoms with Crippen molar-refractivity contribution in [2.75, 3.05) is 5.32 Å². The normalized spacial score (nSPS) is 15.1. The molecule has 4 rings (SSSR count). The Hall–Kier alpha value is -3.39. The highest BCUT2D eigenvalue weighted by Gasteiger charge is 2.35. The van der Waals surface area contributed by atoms with E-state index in [2.05, 4.69) is 35.2 Å². The van der Waals surface area contributed by atoms with Gasteiger partial charge in [-0.3, -0.25) is 4.79 Å². The molecule has 0 saturated heterocycles. The lowest BCUT2D eigenvalue weighted by Gasteiger charge is -2.28. The summed E-state index contributed by atoms with van der Waals surface area (Å²) in [6, 6.07) is 15.5. The van der Waals surface area contributed by atoms with Gasteiger partial charge in [0.25, 0.3) is 0 Å². The van der Waals surface area contributed by atoms with Crippen molar-refractivity contribution >= 4 is 17.2 Å². The maximum atomic E-state index is 13.0. The molecule has 1 aliphatic carbocycles. The number of nitriles is 1. The lowest BCUT2D eigenvalue weighted by Crippen LogP contribution is -2.26. The summed E-state index contributed by atoms with van der Waals surface area (Å²) in [5.74, 6) is 0.136. The Bertz CT molecular complexity index is 1060. The molecular formula is C22H20N4O. The first-order valence-corrected chi connectivity index (χ1v) is 8.93. The van der Waals surface area contributed by atoms with Crippen LogP contribution in [-0.2, 0) is 6.42 Å². The Balaban J connectivity index is 1.90. The summed E-state index contributed by atoms with van der Waals surface area (Å²) in [4.78, 5) is 20.5. The van der Waals surface area contributed by atoms with Gasteiger partial charge in [-0.2, -0.15) is 5.26 Å². The molecule has 1 aliphatic rings.